The van der Waals surface area contributed by atoms with Gasteiger partial charge in [-0.15, -0.1) is 0 Å². The van der Waals surface area contributed by atoms with Crippen LogP contribution in [0.3, 0.4) is 0 Å². The van der Waals surface area contributed by atoms with Crippen molar-refractivity contribution in [2.45, 2.75) is 32.8 Å². The first kappa shape index (κ1) is 12.5. The van der Waals surface area contributed by atoms with Gasteiger partial charge in [0.2, 0.25) is 0 Å². The molecule has 0 unspecified atom stereocenters. The summed E-state index contributed by atoms with van der Waals surface area (Å²) in [6, 6.07) is 1.90. The number of Topliss-reactive ketones (excluding diaryl/α,β-unsaturated/α-hetero) is 1. The summed E-state index contributed by atoms with van der Waals surface area (Å²) in [6.07, 6.45) is -0.225. The number of carbonyl (C=O) groups is 2. The number of nitriles is 1. The van der Waals surface area contributed by atoms with E-state index in [1.807, 2.05) is 6.07 Å². The number of ether oxygens (including phenoxy) is 1. The molecule has 0 radical (unpaired) electrons. The first-order chi connectivity index (χ1) is 7.33. The molecular formula is C11H16N2O3. The van der Waals surface area contributed by atoms with Crippen LogP contribution in [0.4, 0.5) is 4.79 Å². The van der Waals surface area contributed by atoms with E-state index in [-0.39, 0.29) is 18.7 Å². The topological polar surface area (TPSA) is 70.4 Å². The monoisotopic (exact) mass is 224 g/mol. The Morgan fingerprint density at radius 2 is 2.19 bits per heavy atom. The minimum absolute atomic E-state index is 0.0951. The molecule has 0 aromatic carbocycles. The first-order valence-corrected chi connectivity index (χ1v) is 5.24. The predicted molar refractivity (Wildman–Crippen MR) is 56.5 cm³/mol. The molecule has 0 spiro atoms. The third-order valence-electron chi connectivity index (χ3n) is 2.23. The van der Waals surface area contributed by atoms with Crippen LogP contribution in [0.15, 0.2) is 0 Å². The summed E-state index contributed by atoms with van der Waals surface area (Å²) >= 11 is 0. The standard InChI is InChI=1S/C11H16N2O3/c1-11(2,3)16-10(15)13-5-4-9(14)8(6-12)7-13/h8H,4-5,7H2,1-3H3/t8-/m0/s1. The average molecular weight is 224 g/mol. The summed E-state index contributed by atoms with van der Waals surface area (Å²) in [5.74, 6) is -0.802. The molecule has 1 aliphatic rings. The molecule has 5 nitrogen and oxygen atoms in total. The number of hydrogen-bond acceptors (Lipinski definition) is 4. The summed E-state index contributed by atoms with van der Waals surface area (Å²) in [6.45, 7) is 5.82. The Balaban J connectivity index is 2.60. The van der Waals surface area contributed by atoms with E-state index in [2.05, 4.69) is 0 Å². The largest absolute Gasteiger partial charge is 0.444 e. The van der Waals surface area contributed by atoms with Crippen LogP contribution < -0.4 is 0 Å². The number of nitrogens with zero attached hydrogens (tertiary/aromatic N) is 2. The second kappa shape index (κ2) is 4.52. The summed E-state index contributed by atoms with van der Waals surface area (Å²) in [7, 11) is 0. The maximum Gasteiger partial charge on any atom is 0.410 e. The third kappa shape index (κ3) is 3.23. The third-order valence-corrected chi connectivity index (χ3v) is 2.23. The summed E-state index contributed by atoms with van der Waals surface area (Å²) in [5, 5.41) is 8.74. The molecule has 0 aliphatic carbocycles. The van der Waals surface area contributed by atoms with Gasteiger partial charge in [-0.1, -0.05) is 0 Å². The van der Waals surface area contributed by atoms with E-state index in [0.717, 1.165) is 0 Å². The molecule has 1 heterocycles. The van der Waals surface area contributed by atoms with Crippen molar-refractivity contribution in [1.82, 2.24) is 4.90 Å². The Morgan fingerprint density at radius 3 is 2.69 bits per heavy atom. The van der Waals surface area contributed by atoms with Crippen molar-refractivity contribution < 1.29 is 14.3 Å². The highest BCUT2D eigenvalue weighted by molar-refractivity contribution is 5.86. The molecule has 0 N–H and O–H groups in total. The van der Waals surface area contributed by atoms with Gasteiger partial charge in [-0.25, -0.2) is 4.79 Å². The van der Waals surface area contributed by atoms with E-state index in [9.17, 15) is 9.59 Å². The molecule has 0 saturated carbocycles. The minimum atomic E-state index is -0.707. The first-order valence-electron chi connectivity index (χ1n) is 5.24. The van der Waals surface area contributed by atoms with Gasteiger partial charge in [0.25, 0.3) is 0 Å². The molecule has 5 heteroatoms. The van der Waals surface area contributed by atoms with Gasteiger partial charge < -0.3 is 9.64 Å². The number of rotatable bonds is 0. The Bertz CT molecular complexity index is 338. The van der Waals surface area contributed by atoms with E-state index in [4.69, 9.17) is 10.00 Å². The zero-order valence-electron chi connectivity index (χ0n) is 9.82. The molecule has 1 rings (SSSR count). The number of carbonyl (C=O) groups excluding carboxylic acids is 2. The highest BCUT2D eigenvalue weighted by atomic mass is 16.6. The zero-order chi connectivity index (χ0) is 12.3. The van der Waals surface area contributed by atoms with Crippen molar-refractivity contribution in [2.24, 2.45) is 5.92 Å². The Labute approximate surface area is 95.0 Å². The predicted octanol–water partition coefficient (Wildman–Crippen LogP) is 1.34. The van der Waals surface area contributed by atoms with Crippen LogP contribution in [0, 0.1) is 17.2 Å². The highest BCUT2D eigenvalue weighted by Crippen LogP contribution is 2.16. The molecule has 1 fully saturated rings. The SMILES string of the molecule is CC(C)(C)OC(=O)N1CCC(=O)[C@@H](C#N)C1. The van der Waals surface area contributed by atoms with Crippen LogP contribution in [0.2, 0.25) is 0 Å². The summed E-state index contributed by atoms with van der Waals surface area (Å²) in [5.41, 5.74) is -0.555. The van der Waals surface area contributed by atoms with Gasteiger partial charge in [-0.05, 0) is 20.8 Å². The molecular weight excluding hydrogens is 208 g/mol. The maximum absolute atomic E-state index is 11.7. The van der Waals surface area contributed by atoms with Gasteiger partial charge in [0.1, 0.15) is 11.5 Å². The second-order valence-electron chi connectivity index (χ2n) is 4.82. The van der Waals surface area contributed by atoms with Gasteiger partial charge in [0, 0.05) is 19.5 Å². The fourth-order valence-electron chi connectivity index (χ4n) is 1.44. The van der Waals surface area contributed by atoms with Gasteiger partial charge in [0.15, 0.2) is 5.78 Å². The molecule has 16 heavy (non-hydrogen) atoms. The molecule has 1 aliphatic heterocycles. The molecule has 1 amide bonds. The zero-order valence-corrected chi connectivity index (χ0v) is 9.82. The molecule has 0 aromatic heterocycles. The lowest BCUT2D eigenvalue weighted by Crippen LogP contribution is -2.45. The van der Waals surface area contributed by atoms with Crippen molar-refractivity contribution in [3.8, 4) is 6.07 Å². The molecule has 88 valence electrons. The fraction of sp³-hybridized carbons (Fsp3) is 0.727. The number of amides is 1. The molecule has 1 atom stereocenters. The highest BCUT2D eigenvalue weighted by Gasteiger charge is 2.31. The maximum atomic E-state index is 11.7. The lowest BCUT2D eigenvalue weighted by molar-refractivity contribution is -0.124. The van der Waals surface area contributed by atoms with E-state index in [1.165, 1.54) is 4.90 Å². The number of ketones is 1. The molecule has 1 saturated heterocycles. The van der Waals surface area contributed by atoms with Crippen molar-refractivity contribution in [3.63, 3.8) is 0 Å². The number of hydrogen-bond donors (Lipinski definition) is 0. The Kier molecular flexibility index (Phi) is 3.53. The Hall–Kier alpha value is -1.57. The van der Waals surface area contributed by atoms with E-state index < -0.39 is 17.6 Å². The van der Waals surface area contributed by atoms with E-state index in [0.29, 0.717) is 6.54 Å². The lowest BCUT2D eigenvalue weighted by atomic mass is 9.98. The summed E-state index contributed by atoms with van der Waals surface area (Å²) < 4.78 is 5.17. The molecule has 0 aromatic rings. The number of piperidine rings is 1. The van der Waals surface area contributed by atoms with Crippen LogP contribution >= 0.6 is 0 Å². The van der Waals surface area contributed by atoms with Crippen LogP contribution in [0.5, 0.6) is 0 Å². The van der Waals surface area contributed by atoms with Crippen molar-refractivity contribution >= 4 is 11.9 Å². The van der Waals surface area contributed by atoms with Crippen molar-refractivity contribution in [2.75, 3.05) is 13.1 Å². The van der Waals surface area contributed by atoms with E-state index >= 15 is 0 Å². The Morgan fingerprint density at radius 1 is 1.56 bits per heavy atom. The molecule has 0 bridgehead atoms. The van der Waals surface area contributed by atoms with Crippen molar-refractivity contribution in [3.05, 3.63) is 0 Å². The minimum Gasteiger partial charge on any atom is -0.444 e. The van der Waals surface area contributed by atoms with Crippen LogP contribution in [-0.4, -0.2) is 35.5 Å². The van der Waals surface area contributed by atoms with Crippen molar-refractivity contribution in [1.29, 1.82) is 5.26 Å². The van der Waals surface area contributed by atoms with Gasteiger partial charge >= 0.3 is 6.09 Å². The van der Waals surface area contributed by atoms with Crippen LogP contribution in [-0.2, 0) is 9.53 Å². The second-order valence-corrected chi connectivity index (χ2v) is 4.82. The lowest BCUT2D eigenvalue weighted by Gasteiger charge is -2.31. The average Bonchev–Trinajstić information content (AvgIpc) is 2.15. The number of likely N-dealkylation sites (tertiary alicyclic amines) is 1. The fourth-order valence-corrected chi connectivity index (χ4v) is 1.44. The normalized spacial score (nSPS) is 21.5. The van der Waals surface area contributed by atoms with Crippen LogP contribution in [0.25, 0.3) is 0 Å². The van der Waals surface area contributed by atoms with Gasteiger partial charge in [-0.3, -0.25) is 4.79 Å². The smallest absolute Gasteiger partial charge is 0.410 e. The summed E-state index contributed by atoms with van der Waals surface area (Å²) in [4.78, 5) is 24.4. The quantitative estimate of drug-likeness (QED) is 0.622. The van der Waals surface area contributed by atoms with Gasteiger partial charge in [0.05, 0.1) is 6.07 Å². The van der Waals surface area contributed by atoms with Gasteiger partial charge in [-0.2, -0.15) is 5.26 Å². The van der Waals surface area contributed by atoms with Crippen LogP contribution in [0.1, 0.15) is 27.2 Å². The van der Waals surface area contributed by atoms with E-state index in [1.54, 1.807) is 20.8 Å².